The van der Waals surface area contributed by atoms with Gasteiger partial charge in [0.25, 0.3) is 5.91 Å². The molecule has 0 aliphatic rings. The number of anilines is 1. The van der Waals surface area contributed by atoms with Gasteiger partial charge < -0.3 is 5.32 Å². The number of hydrogen-bond donors (Lipinski definition) is 1. The molecule has 0 spiro atoms. The number of carbonyl (C=O) groups is 1. The Kier molecular flexibility index (Phi) is 4.29. The first-order valence-corrected chi connectivity index (χ1v) is 7.89. The number of aromatic nitrogens is 4. The van der Waals surface area contributed by atoms with E-state index in [9.17, 15) is 4.79 Å². The summed E-state index contributed by atoms with van der Waals surface area (Å²) in [7, 11) is 1.81. The molecule has 0 aliphatic heterocycles. The molecule has 0 unspecified atom stereocenters. The average Bonchev–Trinajstić information content (AvgIpc) is 3.09. The minimum atomic E-state index is -0.182. The largest absolute Gasteiger partial charge is 0.319 e. The van der Waals surface area contributed by atoms with E-state index in [4.69, 9.17) is 0 Å². The molecule has 7 heteroatoms. The summed E-state index contributed by atoms with van der Waals surface area (Å²) in [4.78, 5) is 12.2. The minimum Gasteiger partial charge on any atom is -0.319 e. The first kappa shape index (κ1) is 15.5. The molecule has 2 heterocycles. The first-order chi connectivity index (χ1) is 11.0. The molecule has 3 rings (SSSR count). The van der Waals surface area contributed by atoms with Crippen molar-refractivity contribution in [2.24, 2.45) is 7.05 Å². The van der Waals surface area contributed by atoms with E-state index in [1.165, 1.54) is 0 Å². The van der Waals surface area contributed by atoms with Gasteiger partial charge in [0.05, 0.1) is 30.2 Å². The van der Waals surface area contributed by atoms with Crippen LogP contribution in [0.5, 0.6) is 0 Å². The van der Waals surface area contributed by atoms with Crippen molar-refractivity contribution in [2.75, 3.05) is 5.32 Å². The fourth-order valence-electron chi connectivity index (χ4n) is 2.21. The van der Waals surface area contributed by atoms with E-state index in [1.54, 1.807) is 21.8 Å². The molecule has 0 bridgehead atoms. The molecule has 1 N–H and O–H groups in total. The molecule has 0 saturated heterocycles. The quantitative estimate of drug-likeness (QED) is 0.764. The lowest BCUT2D eigenvalue weighted by Gasteiger charge is -2.03. The van der Waals surface area contributed by atoms with Crippen LogP contribution in [0.25, 0.3) is 0 Å². The Balaban J connectivity index is 1.68. The van der Waals surface area contributed by atoms with Crippen molar-refractivity contribution in [1.82, 2.24) is 19.6 Å². The number of amides is 1. The summed E-state index contributed by atoms with van der Waals surface area (Å²) in [5.74, 6) is -0.182. The minimum absolute atomic E-state index is 0.182. The van der Waals surface area contributed by atoms with Crippen molar-refractivity contribution in [3.05, 3.63) is 64.1 Å². The van der Waals surface area contributed by atoms with Gasteiger partial charge >= 0.3 is 0 Å². The van der Waals surface area contributed by atoms with Crippen LogP contribution < -0.4 is 5.32 Å². The maximum absolute atomic E-state index is 12.2. The van der Waals surface area contributed by atoms with Gasteiger partial charge in [0.15, 0.2) is 0 Å². The predicted octanol–water partition coefficient (Wildman–Crippen LogP) is 2.99. The SMILES string of the molecule is Cc1c(C(=O)Nc2cnn(Cc3ccc(Br)cc3)c2)cnn1C. The molecular formula is C16H16BrN5O. The molecule has 0 radical (unpaired) electrons. The highest BCUT2D eigenvalue weighted by Gasteiger charge is 2.13. The second kappa shape index (κ2) is 6.37. The van der Waals surface area contributed by atoms with Gasteiger partial charge in [-0.05, 0) is 24.6 Å². The lowest BCUT2D eigenvalue weighted by molar-refractivity contribution is 0.102. The zero-order valence-corrected chi connectivity index (χ0v) is 14.4. The molecular weight excluding hydrogens is 358 g/mol. The van der Waals surface area contributed by atoms with Crippen LogP contribution in [-0.2, 0) is 13.6 Å². The number of nitrogens with zero attached hydrogens (tertiary/aromatic N) is 4. The Morgan fingerprint density at radius 1 is 1.22 bits per heavy atom. The van der Waals surface area contributed by atoms with Crippen molar-refractivity contribution < 1.29 is 4.79 Å². The molecule has 1 amide bonds. The van der Waals surface area contributed by atoms with Gasteiger partial charge in [-0.1, -0.05) is 28.1 Å². The van der Waals surface area contributed by atoms with Gasteiger partial charge in [0.2, 0.25) is 0 Å². The number of benzene rings is 1. The van der Waals surface area contributed by atoms with E-state index in [0.29, 0.717) is 17.8 Å². The smallest absolute Gasteiger partial charge is 0.259 e. The van der Waals surface area contributed by atoms with Crippen LogP contribution in [-0.4, -0.2) is 25.5 Å². The van der Waals surface area contributed by atoms with E-state index in [1.807, 2.05) is 44.4 Å². The van der Waals surface area contributed by atoms with Gasteiger partial charge in [0.1, 0.15) is 0 Å². The molecule has 2 aromatic heterocycles. The van der Waals surface area contributed by atoms with E-state index < -0.39 is 0 Å². The van der Waals surface area contributed by atoms with Crippen molar-refractivity contribution >= 4 is 27.5 Å². The summed E-state index contributed by atoms with van der Waals surface area (Å²) in [5.41, 5.74) is 3.19. The topological polar surface area (TPSA) is 64.7 Å². The van der Waals surface area contributed by atoms with E-state index in [0.717, 1.165) is 15.7 Å². The van der Waals surface area contributed by atoms with Crippen LogP contribution in [0, 0.1) is 6.92 Å². The van der Waals surface area contributed by atoms with E-state index in [2.05, 4.69) is 31.4 Å². The molecule has 0 aliphatic carbocycles. The second-order valence-electron chi connectivity index (χ2n) is 5.27. The van der Waals surface area contributed by atoms with Gasteiger partial charge in [0, 0.05) is 23.4 Å². The Morgan fingerprint density at radius 3 is 2.61 bits per heavy atom. The highest BCUT2D eigenvalue weighted by molar-refractivity contribution is 9.10. The second-order valence-corrected chi connectivity index (χ2v) is 6.19. The summed E-state index contributed by atoms with van der Waals surface area (Å²) in [5, 5.41) is 11.2. The molecule has 0 saturated carbocycles. The summed E-state index contributed by atoms with van der Waals surface area (Å²) in [6.45, 7) is 2.51. The molecule has 0 fully saturated rings. The third-order valence-electron chi connectivity index (χ3n) is 3.63. The van der Waals surface area contributed by atoms with E-state index in [-0.39, 0.29) is 5.91 Å². The maximum Gasteiger partial charge on any atom is 0.259 e. The van der Waals surface area contributed by atoms with E-state index >= 15 is 0 Å². The molecule has 6 nitrogen and oxygen atoms in total. The fourth-order valence-corrected chi connectivity index (χ4v) is 2.48. The lowest BCUT2D eigenvalue weighted by Crippen LogP contribution is -2.12. The van der Waals surface area contributed by atoms with Crippen molar-refractivity contribution in [1.29, 1.82) is 0 Å². The number of rotatable bonds is 4. The van der Waals surface area contributed by atoms with Crippen molar-refractivity contribution in [3.63, 3.8) is 0 Å². The van der Waals surface area contributed by atoms with Crippen molar-refractivity contribution in [3.8, 4) is 0 Å². The Bertz CT molecular complexity index is 835. The monoisotopic (exact) mass is 373 g/mol. The Labute approximate surface area is 142 Å². The Hall–Kier alpha value is -2.41. The summed E-state index contributed by atoms with van der Waals surface area (Å²) < 4.78 is 4.50. The lowest BCUT2D eigenvalue weighted by atomic mass is 10.2. The predicted molar refractivity (Wildman–Crippen MR) is 91.4 cm³/mol. The molecule has 1 aromatic carbocycles. The van der Waals surface area contributed by atoms with Crippen LogP contribution >= 0.6 is 15.9 Å². The number of carbonyl (C=O) groups excluding carboxylic acids is 1. The third-order valence-corrected chi connectivity index (χ3v) is 4.16. The summed E-state index contributed by atoms with van der Waals surface area (Å²) in [6.07, 6.45) is 5.02. The molecule has 23 heavy (non-hydrogen) atoms. The van der Waals surface area contributed by atoms with Crippen LogP contribution in [0.15, 0.2) is 47.3 Å². The average molecular weight is 374 g/mol. The number of hydrogen-bond acceptors (Lipinski definition) is 3. The van der Waals surface area contributed by atoms with Gasteiger partial charge in [-0.15, -0.1) is 0 Å². The third kappa shape index (κ3) is 3.50. The zero-order valence-electron chi connectivity index (χ0n) is 12.8. The maximum atomic E-state index is 12.2. The summed E-state index contributed by atoms with van der Waals surface area (Å²) >= 11 is 3.42. The van der Waals surface area contributed by atoms with Crippen LogP contribution in [0.4, 0.5) is 5.69 Å². The summed E-state index contributed by atoms with van der Waals surface area (Å²) in [6, 6.07) is 8.05. The molecule has 118 valence electrons. The Morgan fingerprint density at radius 2 is 1.96 bits per heavy atom. The standard InChI is InChI=1S/C16H16BrN5O/c1-11-15(8-18-21(11)2)16(23)20-14-7-19-22(10-14)9-12-3-5-13(17)6-4-12/h3-8,10H,9H2,1-2H3,(H,20,23). The number of aryl methyl sites for hydroxylation is 1. The van der Waals surface area contributed by atoms with Gasteiger partial charge in [-0.25, -0.2) is 0 Å². The van der Waals surface area contributed by atoms with Gasteiger partial charge in [-0.3, -0.25) is 14.2 Å². The normalized spacial score (nSPS) is 10.7. The van der Waals surface area contributed by atoms with Gasteiger partial charge in [-0.2, -0.15) is 10.2 Å². The van der Waals surface area contributed by atoms with Crippen LogP contribution in [0.3, 0.4) is 0 Å². The molecule has 0 atom stereocenters. The first-order valence-electron chi connectivity index (χ1n) is 7.10. The number of nitrogens with one attached hydrogen (secondary N) is 1. The highest BCUT2D eigenvalue weighted by atomic mass is 79.9. The fraction of sp³-hybridized carbons (Fsp3) is 0.188. The highest BCUT2D eigenvalue weighted by Crippen LogP contribution is 2.14. The number of halogens is 1. The van der Waals surface area contributed by atoms with Crippen LogP contribution in [0.2, 0.25) is 0 Å². The van der Waals surface area contributed by atoms with Crippen molar-refractivity contribution in [2.45, 2.75) is 13.5 Å². The zero-order chi connectivity index (χ0) is 16.4. The molecule has 3 aromatic rings. The van der Waals surface area contributed by atoms with Crippen LogP contribution in [0.1, 0.15) is 21.6 Å².